The normalized spacial score (nSPS) is 11.6. The van der Waals surface area contributed by atoms with Crippen LogP contribution in [0.2, 0.25) is 0 Å². The Morgan fingerprint density at radius 2 is 1.88 bits per heavy atom. The van der Waals surface area contributed by atoms with Gasteiger partial charge >= 0.3 is 6.18 Å². The molecule has 1 N–H and O–H groups in total. The van der Waals surface area contributed by atoms with E-state index < -0.39 is 11.7 Å². The van der Waals surface area contributed by atoms with E-state index in [1.165, 1.54) is 23.6 Å². The second kappa shape index (κ2) is 6.70. The van der Waals surface area contributed by atoms with Crippen molar-refractivity contribution in [3.63, 3.8) is 0 Å². The van der Waals surface area contributed by atoms with Crippen LogP contribution in [-0.4, -0.2) is 16.5 Å². The van der Waals surface area contributed by atoms with Gasteiger partial charge in [-0.25, -0.2) is 4.98 Å². The molecule has 0 atom stereocenters. The number of hydrogen-bond donors (Lipinski definition) is 1. The van der Waals surface area contributed by atoms with Crippen LogP contribution >= 0.6 is 0 Å². The monoisotopic (exact) mass is 363 g/mol. The average Bonchev–Trinajstić information content (AvgIpc) is 2.61. The molecule has 0 bridgehead atoms. The van der Waals surface area contributed by atoms with Crippen molar-refractivity contribution in [1.82, 2.24) is 9.38 Å². The van der Waals surface area contributed by atoms with Crippen molar-refractivity contribution in [2.75, 3.05) is 12.4 Å². The van der Waals surface area contributed by atoms with Crippen molar-refractivity contribution < 1.29 is 17.9 Å². The largest absolute Gasteiger partial charge is 0.493 e. The van der Waals surface area contributed by atoms with Gasteiger partial charge in [-0.1, -0.05) is 6.92 Å². The first-order chi connectivity index (χ1) is 12.3. The Balaban J connectivity index is 2.08. The molecule has 2 aromatic heterocycles. The predicted octanol–water partition coefficient (Wildman–Crippen LogP) is 4.03. The van der Waals surface area contributed by atoms with Crippen LogP contribution in [0.1, 0.15) is 18.1 Å². The van der Waals surface area contributed by atoms with Gasteiger partial charge in [0.15, 0.2) is 11.4 Å². The maximum absolute atomic E-state index is 12.7. The molecular weight excluding hydrogens is 347 g/mol. The minimum absolute atomic E-state index is 0.259. The highest BCUT2D eigenvalue weighted by atomic mass is 19.4. The lowest BCUT2D eigenvalue weighted by molar-refractivity contribution is -0.137. The quantitative estimate of drug-likeness (QED) is 0.760. The lowest BCUT2D eigenvalue weighted by Gasteiger charge is -2.14. The number of nitrogens with one attached hydrogen (secondary N) is 1. The fourth-order valence-electron chi connectivity index (χ4n) is 2.63. The van der Waals surface area contributed by atoms with Gasteiger partial charge in [-0.3, -0.25) is 9.20 Å². The van der Waals surface area contributed by atoms with Crippen LogP contribution in [0.15, 0.2) is 47.4 Å². The van der Waals surface area contributed by atoms with Crippen molar-refractivity contribution in [1.29, 1.82) is 0 Å². The van der Waals surface area contributed by atoms with Crippen LogP contribution in [-0.2, 0) is 12.6 Å². The summed E-state index contributed by atoms with van der Waals surface area (Å²) >= 11 is 0. The van der Waals surface area contributed by atoms with Crippen molar-refractivity contribution >= 4 is 17.2 Å². The van der Waals surface area contributed by atoms with Crippen LogP contribution in [0.4, 0.5) is 24.7 Å². The Kier molecular flexibility index (Phi) is 4.58. The van der Waals surface area contributed by atoms with Crippen LogP contribution in [0.5, 0.6) is 5.75 Å². The summed E-state index contributed by atoms with van der Waals surface area (Å²) in [4.78, 5) is 17.2. The number of ether oxygens (including phenoxy) is 1. The molecule has 26 heavy (non-hydrogen) atoms. The van der Waals surface area contributed by atoms with Gasteiger partial charge in [-0.15, -0.1) is 0 Å². The Bertz CT molecular complexity index is 995. The fourth-order valence-corrected chi connectivity index (χ4v) is 2.63. The van der Waals surface area contributed by atoms with Gasteiger partial charge in [-0.2, -0.15) is 13.2 Å². The topological polar surface area (TPSA) is 55.6 Å². The van der Waals surface area contributed by atoms with E-state index in [-0.39, 0.29) is 5.56 Å². The molecule has 0 spiro atoms. The summed E-state index contributed by atoms with van der Waals surface area (Å²) in [6, 6.07) is 7.90. The highest BCUT2D eigenvalue weighted by Crippen LogP contribution is 2.30. The van der Waals surface area contributed by atoms with E-state index in [9.17, 15) is 18.0 Å². The number of methoxy groups -OCH3 is 1. The molecule has 3 rings (SSSR count). The third-order valence-electron chi connectivity index (χ3n) is 3.96. The van der Waals surface area contributed by atoms with E-state index >= 15 is 0 Å². The summed E-state index contributed by atoms with van der Waals surface area (Å²) in [5.41, 5.74) is 0.152. The van der Waals surface area contributed by atoms with Gasteiger partial charge in [0.25, 0.3) is 5.56 Å². The van der Waals surface area contributed by atoms with Gasteiger partial charge in [0.2, 0.25) is 0 Å². The van der Waals surface area contributed by atoms with Crippen molar-refractivity contribution in [3.8, 4) is 5.75 Å². The molecule has 0 amide bonds. The number of fused-ring (bicyclic) bond motifs is 1. The fraction of sp³-hybridized carbons (Fsp3) is 0.222. The summed E-state index contributed by atoms with van der Waals surface area (Å²) in [6.07, 6.45) is -2.40. The van der Waals surface area contributed by atoms with E-state index in [2.05, 4.69) is 10.3 Å². The highest BCUT2D eigenvalue weighted by Gasteiger charge is 2.30. The molecule has 0 aliphatic rings. The standard InChI is InChI=1S/C18H16F3N3O2/c1-3-13-15(22-12-8-6-11(7-9-12)18(19,20)21)23-16-14(26-2)5-4-10-24(16)17(13)25/h4-10,22H,3H2,1-2H3. The predicted molar refractivity (Wildman–Crippen MR) is 92.1 cm³/mol. The van der Waals surface area contributed by atoms with Gasteiger partial charge in [0, 0.05) is 11.9 Å². The molecule has 2 heterocycles. The molecule has 0 fully saturated rings. The smallest absolute Gasteiger partial charge is 0.416 e. The van der Waals surface area contributed by atoms with E-state index in [0.29, 0.717) is 34.9 Å². The molecule has 3 aromatic rings. The van der Waals surface area contributed by atoms with E-state index in [1.807, 2.05) is 6.92 Å². The van der Waals surface area contributed by atoms with Crippen molar-refractivity contribution in [2.45, 2.75) is 19.5 Å². The average molecular weight is 363 g/mol. The Morgan fingerprint density at radius 1 is 1.19 bits per heavy atom. The molecule has 0 unspecified atom stereocenters. The number of anilines is 2. The first-order valence-electron chi connectivity index (χ1n) is 7.87. The molecule has 0 aliphatic heterocycles. The molecule has 136 valence electrons. The summed E-state index contributed by atoms with van der Waals surface area (Å²) in [6.45, 7) is 1.81. The SMILES string of the molecule is CCc1c(Nc2ccc(C(F)(F)F)cc2)nc2c(OC)cccn2c1=O. The molecular formula is C18H16F3N3O2. The Labute approximate surface area is 147 Å². The molecule has 0 saturated heterocycles. The molecule has 0 aliphatic carbocycles. The number of pyridine rings is 1. The third-order valence-corrected chi connectivity index (χ3v) is 3.96. The van der Waals surface area contributed by atoms with Gasteiger partial charge < -0.3 is 10.1 Å². The van der Waals surface area contributed by atoms with Crippen molar-refractivity contribution in [2.24, 2.45) is 0 Å². The number of halogens is 3. The lowest BCUT2D eigenvalue weighted by atomic mass is 10.2. The first kappa shape index (κ1) is 17.8. The molecule has 1 aromatic carbocycles. The maximum Gasteiger partial charge on any atom is 0.416 e. The molecule has 8 heteroatoms. The van der Waals surface area contributed by atoms with E-state index in [0.717, 1.165) is 12.1 Å². The van der Waals surface area contributed by atoms with E-state index in [1.54, 1.807) is 18.3 Å². The maximum atomic E-state index is 12.7. The summed E-state index contributed by atoms with van der Waals surface area (Å²) in [5.74, 6) is 0.712. The summed E-state index contributed by atoms with van der Waals surface area (Å²) < 4.78 is 44.7. The molecule has 5 nitrogen and oxygen atoms in total. The lowest BCUT2D eigenvalue weighted by Crippen LogP contribution is -2.21. The Morgan fingerprint density at radius 3 is 2.46 bits per heavy atom. The van der Waals surface area contributed by atoms with Crippen LogP contribution < -0.4 is 15.6 Å². The highest BCUT2D eigenvalue weighted by molar-refractivity contribution is 5.65. The molecule has 0 saturated carbocycles. The zero-order valence-corrected chi connectivity index (χ0v) is 14.1. The number of nitrogens with zero attached hydrogens (tertiary/aromatic N) is 2. The number of hydrogen-bond acceptors (Lipinski definition) is 4. The second-order valence-corrected chi connectivity index (χ2v) is 5.57. The van der Waals surface area contributed by atoms with E-state index in [4.69, 9.17) is 4.74 Å². The van der Waals surface area contributed by atoms with Crippen LogP contribution in [0.25, 0.3) is 5.65 Å². The van der Waals surface area contributed by atoms with Crippen LogP contribution in [0, 0.1) is 0 Å². The van der Waals surface area contributed by atoms with Crippen LogP contribution in [0.3, 0.4) is 0 Å². The van der Waals surface area contributed by atoms with Gasteiger partial charge in [0.05, 0.1) is 18.2 Å². The third kappa shape index (κ3) is 3.22. The number of rotatable bonds is 4. The Hall–Kier alpha value is -3.03. The van der Waals surface area contributed by atoms with Crippen molar-refractivity contribution in [3.05, 3.63) is 64.1 Å². The first-order valence-corrected chi connectivity index (χ1v) is 7.87. The minimum Gasteiger partial charge on any atom is -0.493 e. The second-order valence-electron chi connectivity index (χ2n) is 5.57. The number of alkyl halides is 3. The summed E-state index contributed by atoms with van der Waals surface area (Å²) in [7, 11) is 1.47. The number of benzene rings is 1. The zero-order chi connectivity index (χ0) is 18.9. The molecule has 0 radical (unpaired) electrons. The van der Waals surface area contributed by atoms with Gasteiger partial charge in [-0.05, 0) is 42.8 Å². The summed E-state index contributed by atoms with van der Waals surface area (Å²) in [5, 5.41) is 2.94. The number of aromatic nitrogens is 2. The van der Waals surface area contributed by atoms with Gasteiger partial charge in [0.1, 0.15) is 5.82 Å². The zero-order valence-electron chi connectivity index (χ0n) is 14.1. The minimum atomic E-state index is -4.40.